The van der Waals surface area contributed by atoms with E-state index in [1.54, 1.807) is 0 Å². The van der Waals surface area contributed by atoms with Gasteiger partial charge in [-0.15, -0.1) is 0 Å². The predicted octanol–water partition coefficient (Wildman–Crippen LogP) is 14.9. The number of hydrogen-bond donors (Lipinski definition) is 0. The van der Waals surface area contributed by atoms with E-state index in [0.29, 0.717) is 25.9 Å². The highest BCUT2D eigenvalue weighted by Gasteiger charge is 2.17. The Hall–Kier alpha value is -3.44. The first-order chi connectivity index (χ1) is 27.6. The van der Waals surface area contributed by atoms with Gasteiger partial charge in [-0.25, -0.2) is 0 Å². The van der Waals surface area contributed by atoms with Crippen LogP contribution in [0.1, 0.15) is 175 Å². The average Bonchev–Trinajstić information content (AvgIpc) is 3.20. The fourth-order valence-corrected chi connectivity index (χ4v) is 5.52. The molecular weight excluding hydrogens is 693 g/mol. The molecule has 0 amide bonds. The zero-order valence-corrected chi connectivity index (χ0v) is 36.1. The van der Waals surface area contributed by atoms with E-state index >= 15 is 0 Å². The minimum atomic E-state index is -0.602. The number of unbranched alkanes of at least 4 members (excludes halogenated alkanes) is 10. The Bertz CT molecular complexity index is 1150. The number of carbonyl (C=O) groups excluding carboxylic acids is 2. The van der Waals surface area contributed by atoms with E-state index in [2.05, 4.69) is 124 Å². The normalized spacial score (nSPS) is 13.3. The number of hydrogen-bond acceptors (Lipinski definition) is 5. The van der Waals surface area contributed by atoms with Gasteiger partial charge >= 0.3 is 11.9 Å². The summed E-state index contributed by atoms with van der Waals surface area (Å²) in [4.78, 5) is 25.2. The molecule has 0 aliphatic rings. The Balaban J connectivity index is 4.49. The van der Waals surface area contributed by atoms with Crippen molar-refractivity contribution in [2.24, 2.45) is 0 Å². The van der Waals surface area contributed by atoms with Crippen LogP contribution in [0.15, 0.2) is 109 Å². The lowest BCUT2D eigenvalue weighted by molar-refractivity contribution is -0.162. The summed E-state index contributed by atoms with van der Waals surface area (Å²) in [5.74, 6) is -0.542. The maximum Gasteiger partial charge on any atom is 0.306 e. The highest BCUT2D eigenvalue weighted by Crippen LogP contribution is 2.11. The highest BCUT2D eigenvalue weighted by atomic mass is 16.6. The van der Waals surface area contributed by atoms with E-state index in [0.717, 1.165) is 89.9 Å². The summed E-state index contributed by atoms with van der Waals surface area (Å²) in [7, 11) is 0. The molecule has 0 aromatic rings. The Morgan fingerprint density at radius 2 is 0.839 bits per heavy atom. The van der Waals surface area contributed by atoms with Gasteiger partial charge in [0.25, 0.3) is 0 Å². The van der Waals surface area contributed by atoms with Crippen molar-refractivity contribution in [2.45, 2.75) is 181 Å². The lowest BCUT2D eigenvalue weighted by Gasteiger charge is -2.18. The van der Waals surface area contributed by atoms with Crippen LogP contribution in [0, 0.1) is 0 Å². The summed E-state index contributed by atoms with van der Waals surface area (Å²) in [6, 6.07) is 0. The van der Waals surface area contributed by atoms with Crippen LogP contribution in [-0.4, -0.2) is 37.9 Å². The van der Waals surface area contributed by atoms with Crippen LogP contribution in [0.25, 0.3) is 0 Å². The van der Waals surface area contributed by atoms with Gasteiger partial charge in [-0.3, -0.25) is 9.59 Å². The SMILES string of the molecule is CC/C=C\C/C=C\C/C=C\C/C=C\CCCOCC(COC(=O)CC/C=C\C/C=C\C/C=C\C/C=C\CC)OC(=O)CCCCCCC/C=C\CCCCCC. The van der Waals surface area contributed by atoms with Gasteiger partial charge in [-0.2, -0.15) is 0 Å². The summed E-state index contributed by atoms with van der Waals surface area (Å²) in [6.45, 7) is 7.33. The first kappa shape index (κ1) is 52.6. The monoisotopic (exact) mass is 775 g/mol. The number of rotatable bonds is 39. The van der Waals surface area contributed by atoms with Crippen molar-refractivity contribution in [1.82, 2.24) is 0 Å². The van der Waals surface area contributed by atoms with Gasteiger partial charge in [0.15, 0.2) is 6.10 Å². The molecule has 0 heterocycles. The van der Waals surface area contributed by atoms with Crippen molar-refractivity contribution in [1.29, 1.82) is 0 Å². The highest BCUT2D eigenvalue weighted by molar-refractivity contribution is 5.70. The number of allylic oxidation sites excluding steroid dienone is 18. The van der Waals surface area contributed by atoms with Crippen LogP contribution >= 0.6 is 0 Å². The molecule has 0 aliphatic carbocycles. The maximum absolute atomic E-state index is 12.7. The Morgan fingerprint density at radius 1 is 0.411 bits per heavy atom. The molecule has 0 aromatic heterocycles. The lowest BCUT2D eigenvalue weighted by atomic mass is 10.1. The molecule has 0 saturated carbocycles. The van der Waals surface area contributed by atoms with Gasteiger partial charge in [0, 0.05) is 19.4 Å². The molecule has 0 radical (unpaired) electrons. The molecule has 0 saturated heterocycles. The van der Waals surface area contributed by atoms with Gasteiger partial charge in [0.05, 0.1) is 6.61 Å². The molecule has 0 bridgehead atoms. The van der Waals surface area contributed by atoms with Gasteiger partial charge < -0.3 is 14.2 Å². The van der Waals surface area contributed by atoms with Crippen molar-refractivity contribution in [3.05, 3.63) is 109 Å². The quantitative estimate of drug-likeness (QED) is 0.0354. The molecule has 0 aromatic carbocycles. The zero-order valence-electron chi connectivity index (χ0n) is 36.1. The third-order valence-electron chi connectivity index (χ3n) is 8.79. The van der Waals surface area contributed by atoms with Gasteiger partial charge in [-0.1, -0.05) is 169 Å². The van der Waals surface area contributed by atoms with Gasteiger partial charge in [0.1, 0.15) is 6.61 Å². The second-order valence-corrected chi connectivity index (χ2v) is 14.2. The number of esters is 2. The third-order valence-corrected chi connectivity index (χ3v) is 8.79. The molecule has 316 valence electrons. The van der Waals surface area contributed by atoms with Crippen LogP contribution < -0.4 is 0 Å². The van der Waals surface area contributed by atoms with Crippen molar-refractivity contribution >= 4 is 11.9 Å². The van der Waals surface area contributed by atoms with E-state index in [1.165, 1.54) is 44.9 Å². The van der Waals surface area contributed by atoms with Crippen LogP contribution in [0.3, 0.4) is 0 Å². The second-order valence-electron chi connectivity index (χ2n) is 14.2. The summed E-state index contributed by atoms with van der Waals surface area (Å²) >= 11 is 0. The molecule has 0 spiro atoms. The lowest BCUT2D eigenvalue weighted by Crippen LogP contribution is -2.30. The summed E-state index contributed by atoms with van der Waals surface area (Å²) in [5, 5.41) is 0. The molecule has 0 aliphatic heterocycles. The fraction of sp³-hybridized carbons (Fsp3) is 0.608. The van der Waals surface area contributed by atoms with Crippen LogP contribution in [0.4, 0.5) is 0 Å². The Morgan fingerprint density at radius 3 is 1.38 bits per heavy atom. The third kappa shape index (κ3) is 43.3. The first-order valence-electron chi connectivity index (χ1n) is 22.4. The molecular formula is C51H82O5. The molecule has 1 atom stereocenters. The second kappa shape index (κ2) is 45.9. The number of ether oxygens (including phenoxy) is 3. The topological polar surface area (TPSA) is 61.8 Å². The van der Waals surface area contributed by atoms with E-state index in [4.69, 9.17) is 14.2 Å². The van der Waals surface area contributed by atoms with Crippen LogP contribution in [0.2, 0.25) is 0 Å². The summed E-state index contributed by atoms with van der Waals surface area (Å²) in [5.41, 5.74) is 0. The summed E-state index contributed by atoms with van der Waals surface area (Å²) in [6.07, 6.45) is 62.5. The molecule has 5 nitrogen and oxygen atoms in total. The fourth-order valence-electron chi connectivity index (χ4n) is 5.52. The molecule has 0 fully saturated rings. The van der Waals surface area contributed by atoms with Crippen molar-refractivity contribution in [3.8, 4) is 0 Å². The zero-order chi connectivity index (χ0) is 40.7. The molecule has 1 unspecified atom stereocenters. The first-order valence-corrected chi connectivity index (χ1v) is 22.4. The average molecular weight is 775 g/mol. The van der Waals surface area contributed by atoms with E-state index in [9.17, 15) is 9.59 Å². The standard InChI is InChI=1S/C51H82O5/c1-4-7-10-13-16-19-22-25-28-31-34-37-40-43-46-54-47-49(56-51(53)45-42-39-36-33-30-27-24-21-18-15-12-9-6-3)48-55-50(52)44-41-38-35-32-29-26-23-20-17-14-11-8-5-2/h7-8,10-11,16-17,19-21,24-26,28-29,34-35,37-38,49H,4-6,9,12-15,18,22-23,27,30-33,36,39-48H2,1-3H3/b10-7-,11-8-,19-16-,20-17-,24-21-,28-25-,29-26-,37-34-,38-35-. The van der Waals surface area contributed by atoms with Crippen LogP contribution in [0.5, 0.6) is 0 Å². The van der Waals surface area contributed by atoms with Gasteiger partial charge in [0.2, 0.25) is 0 Å². The minimum Gasteiger partial charge on any atom is -0.462 e. The van der Waals surface area contributed by atoms with E-state index in [1.807, 2.05) is 6.08 Å². The maximum atomic E-state index is 12.7. The molecule has 0 rings (SSSR count). The van der Waals surface area contributed by atoms with Crippen molar-refractivity contribution in [2.75, 3.05) is 19.8 Å². The van der Waals surface area contributed by atoms with Gasteiger partial charge in [-0.05, 0) is 103 Å². The largest absolute Gasteiger partial charge is 0.462 e. The summed E-state index contributed by atoms with van der Waals surface area (Å²) < 4.78 is 17.2. The molecule has 5 heteroatoms. The van der Waals surface area contributed by atoms with E-state index in [-0.39, 0.29) is 25.2 Å². The number of carbonyl (C=O) groups is 2. The molecule has 56 heavy (non-hydrogen) atoms. The van der Waals surface area contributed by atoms with Crippen LogP contribution in [-0.2, 0) is 23.8 Å². The Kier molecular flexibility index (Phi) is 43.1. The van der Waals surface area contributed by atoms with E-state index < -0.39 is 6.10 Å². The van der Waals surface area contributed by atoms with Crippen molar-refractivity contribution < 1.29 is 23.8 Å². The van der Waals surface area contributed by atoms with Crippen molar-refractivity contribution in [3.63, 3.8) is 0 Å². The predicted molar refractivity (Wildman–Crippen MR) is 242 cm³/mol. The Labute approximate surface area is 344 Å². The minimum absolute atomic E-state index is 0.0156. The molecule has 0 N–H and O–H groups in total. The smallest absolute Gasteiger partial charge is 0.306 e.